The number of aromatic nitrogens is 3. The van der Waals surface area contributed by atoms with Gasteiger partial charge in [0.1, 0.15) is 36.2 Å². The molecule has 0 radical (unpaired) electrons. The molecular formula is C12H13N5O4. The zero-order valence-corrected chi connectivity index (χ0v) is 10.5. The molecule has 0 aromatic carbocycles. The van der Waals surface area contributed by atoms with Gasteiger partial charge in [0.15, 0.2) is 5.49 Å². The van der Waals surface area contributed by atoms with E-state index in [4.69, 9.17) is 14.3 Å². The van der Waals surface area contributed by atoms with Gasteiger partial charge in [0.05, 0.1) is 16.4 Å². The standard InChI is InChI=1S/C12H13N5O4/c13-4-12(10(20)9(19)7(3-18)21-12)8-2-1-6-11(14)15-5-16-17(6)8/h1-2,5,7,9-10,18-20H,3H2,(H2,14,15,16)/t7-,9-,10-,12+/m1/s1/i1D,3D2. The number of hydrogen-bond donors (Lipinski definition) is 5. The predicted octanol–water partition coefficient (Wildman–Crippen LogP) is -2.03. The van der Waals surface area contributed by atoms with E-state index in [9.17, 15) is 20.6 Å². The molecule has 4 atom stereocenters. The highest BCUT2D eigenvalue weighted by atomic mass is 16.6. The van der Waals surface area contributed by atoms with Crippen molar-refractivity contribution in [1.82, 2.24) is 14.6 Å². The minimum Gasteiger partial charge on any atom is -0.394 e. The van der Waals surface area contributed by atoms with Crippen molar-refractivity contribution in [2.75, 3.05) is 6.56 Å². The minimum absolute atomic E-state index is 0.00266. The molecule has 3 rings (SSSR count). The molecule has 9 heteroatoms. The fourth-order valence-corrected chi connectivity index (χ4v) is 2.39. The van der Waals surface area contributed by atoms with Crippen LogP contribution in [0.2, 0.25) is 0 Å². The largest absolute Gasteiger partial charge is 0.394 e. The van der Waals surface area contributed by atoms with E-state index in [0.717, 1.165) is 16.9 Å². The number of ether oxygens (including phenoxy) is 1. The van der Waals surface area contributed by atoms with E-state index in [-0.39, 0.29) is 22.7 Å². The highest BCUT2D eigenvalue weighted by Crippen LogP contribution is 2.39. The molecule has 0 amide bonds. The molecule has 0 bridgehead atoms. The molecule has 1 aliphatic heterocycles. The van der Waals surface area contributed by atoms with Crippen LogP contribution in [0.4, 0.5) is 0 Å². The molecule has 1 aliphatic rings. The molecule has 1 fully saturated rings. The van der Waals surface area contributed by atoms with Gasteiger partial charge in [0, 0.05) is 0 Å². The Balaban J connectivity index is 2.26. The average molecular weight is 294 g/mol. The van der Waals surface area contributed by atoms with E-state index in [0.29, 0.717) is 0 Å². The fourth-order valence-electron chi connectivity index (χ4n) is 2.39. The number of hydrogen-bond acceptors (Lipinski definition) is 7. The first-order valence-corrected chi connectivity index (χ1v) is 5.92. The average Bonchev–Trinajstić information content (AvgIpc) is 2.97. The summed E-state index contributed by atoms with van der Waals surface area (Å²) in [6.07, 6.45) is -4.54. The summed E-state index contributed by atoms with van der Waals surface area (Å²) in [4.78, 5) is 3.68. The molecular weight excluding hydrogens is 278 g/mol. The van der Waals surface area contributed by atoms with Gasteiger partial charge in [0.2, 0.25) is 5.60 Å². The molecule has 110 valence electrons. The van der Waals surface area contributed by atoms with Gasteiger partial charge in [-0.1, -0.05) is 0 Å². The lowest BCUT2D eigenvalue weighted by Gasteiger charge is -2.24. The summed E-state index contributed by atoms with van der Waals surface area (Å²) in [6, 6.07) is 2.64. The Morgan fingerprint density at radius 1 is 1.71 bits per heavy atom. The second kappa shape index (κ2) is 4.64. The Kier molecular flexibility index (Phi) is 2.32. The number of fused-ring (bicyclic) bond motifs is 1. The van der Waals surface area contributed by atoms with E-state index in [2.05, 4.69) is 10.1 Å². The second-order valence-electron chi connectivity index (χ2n) is 4.54. The van der Waals surface area contributed by atoms with Crippen LogP contribution in [0.1, 0.15) is 9.81 Å². The summed E-state index contributed by atoms with van der Waals surface area (Å²) in [7, 11) is 0. The lowest BCUT2D eigenvalue weighted by molar-refractivity contribution is -0.0643. The van der Waals surface area contributed by atoms with Crippen molar-refractivity contribution in [3.63, 3.8) is 0 Å². The third kappa shape index (κ3) is 1.71. The zero-order valence-electron chi connectivity index (χ0n) is 13.5. The number of H-pyrrole nitrogens is 1. The first-order valence-electron chi connectivity index (χ1n) is 7.42. The van der Waals surface area contributed by atoms with Gasteiger partial charge < -0.3 is 20.1 Å². The molecule has 9 nitrogen and oxygen atoms in total. The van der Waals surface area contributed by atoms with Crippen LogP contribution >= 0.6 is 0 Å². The Bertz CT molecular complexity index is 901. The van der Waals surface area contributed by atoms with Crippen LogP contribution in [-0.2, 0) is 10.3 Å². The van der Waals surface area contributed by atoms with Crippen molar-refractivity contribution < 1.29 is 24.2 Å². The summed E-state index contributed by atoms with van der Waals surface area (Å²) in [5.74, 6) is 0. The first-order chi connectivity index (χ1) is 11.1. The fraction of sp³-hybridized carbons (Fsp3) is 0.417. The highest BCUT2D eigenvalue weighted by molar-refractivity contribution is 5.48. The first kappa shape index (κ1) is 10.5. The predicted molar refractivity (Wildman–Crippen MR) is 66.7 cm³/mol. The number of nitrogens with one attached hydrogen (secondary N) is 2. The molecule has 1 saturated heterocycles. The van der Waals surface area contributed by atoms with Gasteiger partial charge in [-0.15, -0.1) is 0 Å². The Hall–Kier alpha value is -2.25. The lowest BCUT2D eigenvalue weighted by Crippen LogP contribution is -2.41. The van der Waals surface area contributed by atoms with Crippen LogP contribution in [0.15, 0.2) is 18.4 Å². The van der Waals surface area contributed by atoms with Crippen molar-refractivity contribution in [2.24, 2.45) is 0 Å². The molecule has 2 aromatic rings. The number of aliphatic hydroxyl groups is 3. The monoisotopic (exact) mass is 294 g/mol. The Morgan fingerprint density at radius 2 is 2.48 bits per heavy atom. The smallest absolute Gasteiger partial charge is 0.225 e. The molecule has 21 heavy (non-hydrogen) atoms. The van der Waals surface area contributed by atoms with Crippen molar-refractivity contribution in [1.29, 1.82) is 10.7 Å². The van der Waals surface area contributed by atoms with Gasteiger partial charge in [-0.3, -0.25) is 15.0 Å². The number of aliphatic hydroxyl groups excluding tert-OH is 2. The third-order valence-corrected chi connectivity index (χ3v) is 3.45. The summed E-state index contributed by atoms with van der Waals surface area (Å²) in [6.45, 7) is -3.01. The summed E-state index contributed by atoms with van der Waals surface area (Å²) < 4.78 is 28.8. The van der Waals surface area contributed by atoms with Crippen molar-refractivity contribution in [3.8, 4) is 6.07 Å². The van der Waals surface area contributed by atoms with E-state index >= 15 is 0 Å². The molecule has 0 aliphatic carbocycles. The van der Waals surface area contributed by atoms with Crippen molar-refractivity contribution in [2.45, 2.75) is 23.9 Å². The maximum atomic E-state index is 10.3. The number of nitrogens with zero attached hydrogens (tertiary/aromatic N) is 3. The Labute approximate surface area is 122 Å². The van der Waals surface area contributed by atoms with Crippen LogP contribution in [0.5, 0.6) is 0 Å². The Morgan fingerprint density at radius 3 is 3.10 bits per heavy atom. The molecule has 0 spiro atoms. The van der Waals surface area contributed by atoms with E-state index in [1.807, 2.05) is 0 Å². The molecule has 0 saturated carbocycles. The normalized spacial score (nSPS) is 35.1. The maximum absolute atomic E-state index is 10.3. The molecule has 0 unspecified atom stereocenters. The van der Waals surface area contributed by atoms with Crippen LogP contribution in [0.3, 0.4) is 0 Å². The summed E-state index contributed by atoms with van der Waals surface area (Å²) >= 11 is 0. The zero-order chi connectivity index (χ0) is 17.9. The van der Waals surface area contributed by atoms with E-state index in [1.54, 1.807) is 6.07 Å². The van der Waals surface area contributed by atoms with Gasteiger partial charge in [-0.05, 0) is 12.1 Å². The van der Waals surface area contributed by atoms with Crippen LogP contribution < -0.4 is 5.49 Å². The SMILES string of the molecule is [2H]c1cc([C@]2(C#N)O[C@H](C([2H])([2H])O)[C@@H](O)[C@H]2O)n2[nH]cnc(=N)c12. The highest BCUT2D eigenvalue weighted by Gasteiger charge is 2.57. The number of nitriles is 1. The third-order valence-electron chi connectivity index (χ3n) is 3.45. The molecule has 3 heterocycles. The molecule has 5 N–H and O–H groups in total. The topological polar surface area (TPSA) is 151 Å². The van der Waals surface area contributed by atoms with Crippen LogP contribution in [0, 0.1) is 16.7 Å². The van der Waals surface area contributed by atoms with Crippen molar-refractivity contribution >= 4 is 5.52 Å². The van der Waals surface area contributed by atoms with Crippen molar-refractivity contribution in [3.05, 3.63) is 29.6 Å². The minimum atomic E-state index is -3.01. The van der Waals surface area contributed by atoms with Gasteiger partial charge in [0.25, 0.3) is 0 Å². The van der Waals surface area contributed by atoms with E-state index in [1.165, 1.54) is 0 Å². The number of rotatable bonds is 2. The van der Waals surface area contributed by atoms with Crippen LogP contribution in [0.25, 0.3) is 5.52 Å². The quantitative estimate of drug-likeness (QED) is 0.431. The van der Waals surface area contributed by atoms with Crippen LogP contribution in [-0.4, -0.2) is 54.8 Å². The van der Waals surface area contributed by atoms with E-state index < -0.39 is 30.5 Å². The lowest BCUT2D eigenvalue weighted by atomic mass is 9.92. The van der Waals surface area contributed by atoms with Gasteiger partial charge in [-0.2, -0.15) is 5.26 Å². The maximum Gasteiger partial charge on any atom is 0.225 e. The molecule has 2 aromatic heterocycles. The van der Waals surface area contributed by atoms with Gasteiger partial charge >= 0.3 is 0 Å². The van der Waals surface area contributed by atoms with Gasteiger partial charge in [-0.25, -0.2) is 4.98 Å². The summed E-state index contributed by atoms with van der Waals surface area (Å²) in [5, 5.41) is 49.7. The summed E-state index contributed by atoms with van der Waals surface area (Å²) in [5.41, 5.74) is -2.64. The number of aromatic amines is 1. The second-order valence-corrected chi connectivity index (χ2v) is 4.54.